The summed E-state index contributed by atoms with van der Waals surface area (Å²) in [5.41, 5.74) is -0.0956. The van der Waals surface area contributed by atoms with Crippen LogP contribution in [0.2, 0.25) is 0 Å². The lowest BCUT2D eigenvalue weighted by molar-refractivity contribution is -0.203. The Labute approximate surface area is 122 Å². The minimum atomic E-state index is -0.0956. The minimum absolute atomic E-state index is 0.0270. The van der Waals surface area contributed by atoms with Crippen molar-refractivity contribution >= 4 is 5.97 Å². The molecule has 0 saturated heterocycles. The molecule has 0 aromatic carbocycles. The molecule has 0 aromatic heterocycles. The van der Waals surface area contributed by atoms with Gasteiger partial charge in [0.1, 0.15) is 5.60 Å². The van der Waals surface area contributed by atoms with Gasteiger partial charge in [-0.25, -0.2) is 0 Å². The lowest BCUT2D eigenvalue weighted by Gasteiger charge is -2.59. The zero-order valence-electron chi connectivity index (χ0n) is 12.9. The fourth-order valence-corrected chi connectivity index (χ4v) is 6.80. The highest BCUT2D eigenvalue weighted by Crippen LogP contribution is 2.68. The van der Waals surface area contributed by atoms with Crippen LogP contribution in [0.25, 0.3) is 0 Å². The predicted molar refractivity (Wildman–Crippen MR) is 78.0 cm³/mol. The van der Waals surface area contributed by atoms with Gasteiger partial charge in [0.2, 0.25) is 0 Å². The predicted octanol–water partition coefficient (Wildman–Crippen LogP) is 4.18. The molecule has 5 aliphatic carbocycles. The van der Waals surface area contributed by atoms with Crippen molar-refractivity contribution < 1.29 is 9.53 Å². The van der Waals surface area contributed by atoms with Crippen LogP contribution in [0.15, 0.2) is 0 Å². The van der Waals surface area contributed by atoms with Crippen LogP contribution in [0, 0.1) is 35.5 Å². The fourth-order valence-electron chi connectivity index (χ4n) is 6.80. The van der Waals surface area contributed by atoms with E-state index in [1.165, 1.54) is 38.5 Å². The Balaban J connectivity index is 1.65. The van der Waals surface area contributed by atoms with Gasteiger partial charge >= 0.3 is 5.97 Å². The number of esters is 1. The molecule has 0 aromatic rings. The minimum Gasteiger partial charge on any atom is -0.459 e. The van der Waals surface area contributed by atoms with Crippen molar-refractivity contribution in [3.8, 4) is 0 Å². The zero-order valence-corrected chi connectivity index (χ0v) is 12.9. The normalized spacial score (nSPS) is 52.1. The van der Waals surface area contributed by atoms with Crippen molar-refractivity contribution in [3.05, 3.63) is 0 Å². The maximum atomic E-state index is 12.0. The van der Waals surface area contributed by atoms with Crippen LogP contribution in [-0.4, -0.2) is 11.6 Å². The summed E-state index contributed by atoms with van der Waals surface area (Å²) in [4.78, 5) is 12.0. The van der Waals surface area contributed by atoms with Crippen molar-refractivity contribution in [2.75, 3.05) is 0 Å². The average molecular weight is 276 g/mol. The van der Waals surface area contributed by atoms with Crippen LogP contribution in [0.1, 0.15) is 65.2 Å². The molecule has 7 unspecified atom stereocenters. The lowest BCUT2D eigenvalue weighted by Crippen LogP contribution is -2.58. The second kappa shape index (κ2) is 4.48. The van der Waals surface area contributed by atoms with E-state index in [0.717, 1.165) is 36.0 Å². The summed E-state index contributed by atoms with van der Waals surface area (Å²) in [7, 11) is 0. The van der Waals surface area contributed by atoms with Gasteiger partial charge in [0.15, 0.2) is 0 Å². The second-order valence-electron chi connectivity index (χ2n) is 7.88. The third-order valence-electron chi connectivity index (χ3n) is 7.39. The molecule has 5 rings (SSSR count). The van der Waals surface area contributed by atoms with E-state index < -0.39 is 0 Å². The van der Waals surface area contributed by atoms with E-state index in [0.29, 0.717) is 12.3 Å². The molecule has 2 nitrogen and oxygen atoms in total. The number of carbonyl (C=O) groups is 1. The van der Waals surface area contributed by atoms with Gasteiger partial charge in [-0.2, -0.15) is 0 Å². The summed E-state index contributed by atoms with van der Waals surface area (Å²) in [6.07, 6.45) is 9.88. The number of fused-ring (bicyclic) bond motifs is 4. The number of carbonyl (C=O) groups excluding carboxylic acids is 1. The zero-order chi connectivity index (χ0) is 13.9. The van der Waals surface area contributed by atoms with Crippen LogP contribution in [0.4, 0.5) is 0 Å². The topological polar surface area (TPSA) is 26.3 Å². The number of hydrogen-bond acceptors (Lipinski definition) is 2. The second-order valence-corrected chi connectivity index (χ2v) is 7.88. The van der Waals surface area contributed by atoms with Crippen molar-refractivity contribution in [1.82, 2.24) is 0 Å². The quantitative estimate of drug-likeness (QED) is 0.723. The van der Waals surface area contributed by atoms with Gasteiger partial charge in [-0.15, -0.1) is 0 Å². The van der Waals surface area contributed by atoms with E-state index in [4.69, 9.17) is 4.74 Å². The van der Waals surface area contributed by atoms with E-state index in [-0.39, 0.29) is 11.6 Å². The molecule has 5 aliphatic rings. The standard InChI is InChI=1S/C18H28O2/c1-3-15(19)20-18(4-2)10-13-7-8-14(18)17-12-6-5-11(9-12)16(13)17/h11-14,16-17H,3-10H2,1-2H3. The summed E-state index contributed by atoms with van der Waals surface area (Å²) in [5, 5.41) is 0. The van der Waals surface area contributed by atoms with Gasteiger partial charge in [0, 0.05) is 12.3 Å². The largest absolute Gasteiger partial charge is 0.459 e. The average Bonchev–Trinajstić information content (AvgIpc) is 3.10. The highest BCUT2D eigenvalue weighted by atomic mass is 16.6. The molecule has 112 valence electrons. The molecular weight excluding hydrogens is 248 g/mol. The molecule has 0 heterocycles. The first-order valence-electron chi connectivity index (χ1n) is 8.90. The number of ether oxygens (including phenoxy) is 1. The number of hydrogen-bond donors (Lipinski definition) is 0. The van der Waals surface area contributed by atoms with E-state index in [2.05, 4.69) is 6.92 Å². The van der Waals surface area contributed by atoms with Gasteiger partial charge in [-0.05, 0) is 74.5 Å². The Bertz CT molecular complexity index is 418. The Morgan fingerprint density at radius 3 is 2.45 bits per heavy atom. The Morgan fingerprint density at radius 2 is 1.75 bits per heavy atom. The van der Waals surface area contributed by atoms with Crippen molar-refractivity contribution in [3.63, 3.8) is 0 Å². The molecule has 7 atom stereocenters. The molecule has 0 aliphatic heterocycles. The van der Waals surface area contributed by atoms with Crippen LogP contribution in [0.3, 0.4) is 0 Å². The molecule has 0 spiro atoms. The molecular formula is C18H28O2. The van der Waals surface area contributed by atoms with Crippen LogP contribution in [0.5, 0.6) is 0 Å². The number of rotatable bonds is 3. The van der Waals surface area contributed by atoms with Crippen molar-refractivity contribution in [2.45, 2.75) is 70.8 Å². The highest BCUT2D eigenvalue weighted by molar-refractivity contribution is 5.69. The molecule has 0 amide bonds. The van der Waals surface area contributed by atoms with Crippen molar-refractivity contribution in [2.24, 2.45) is 35.5 Å². The molecule has 0 radical (unpaired) electrons. The third kappa shape index (κ3) is 1.60. The SMILES string of the molecule is CCC(=O)OC1(CC)CC2CCC1C1C3CCC(C3)C21. The summed E-state index contributed by atoms with van der Waals surface area (Å²) < 4.78 is 6.09. The van der Waals surface area contributed by atoms with Gasteiger partial charge in [-0.3, -0.25) is 4.79 Å². The summed E-state index contributed by atoms with van der Waals surface area (Å²) in [6.45, 7) is 4.17. The van der Waals surface area contributed by atoms with Gasteiger partial charge in [0.05, 0.1) is 0 Å². The van der Waals surface area contributed by atoms with Crippen LogP contribution in [-0.2, 0) is 9.53 Å². The van der Waals surface area contributed by atoms with Gasteiger partial charge in [0.25, 0.3) is 0 Å². The van der Waals surface area contributed by atoms with Crippen LogP contribution >= 0.6 is 0 Å². The monoisotopic (exact) mass is 276 g/mol. The fraction of sp³-hybridized carbons (Fsp3) is 0.944. The Hall–Kier alpha value is -0.530. The summed E-state index contributed by atoms with van der Waals surface area (Å²) >= 11 is 0. The highest BCUT2D eigenvalue weighted by Gasteiger charge is 2.64. The first-order chi connectivity index (χ1) is 9.68. The third-order valence-corrected chi connectivity index (χ3v) is 7.39. The molecule has 0 N–H and O–H groups in total. The smallest absolute Gasteiger partial charge is 0.306 e. The Morgan fingerprint density at radius 1 is 1.05 bits per heavy atom. The Kier molecular flexibility index (Phi) is 2.95. The summed E-state index contributed by atoms with van der Waals surface area (Å²) in [6, 6.07) is 0. The van der Waals surface area contributed by atoms with E-state index in [1.807, 2.05) is 6.92 Å². The van der Waals surface area contributed by atoms with E-state index >= 15 is 0 Å². The molecule has 5 saturated carbocycles. The van der Waals surface area contributed by atoms with E-state index in [9.17, 15) is 4.79 Å². The first-order valence-corrected chi connectivity index (χ1v) is 8.90. The van der Waals surface area contributed by atoms with Gasteiger partial charge in [-0.1, -0.05) is 13.8 Å². The lowest BCUT2D eigenvalue weighted by atomic mass is 9.49. The molecule has 4 bridgehead atoms. The van der Waals surface area contributed by atoms with Crippen molar-refractivity contribution in [1.29, 1.82) is 0 Å². The molecule has 5 fully saturated rings. The van der Waals surface area contributed by atoms with Gasteiger partial charge < -0.3 is 4.74 Å². The van der Waals surface area contributed by atoms with Crippen LogP contribution < -0.4 is 0 Å². The maximum absolute atomic E-state index is 12.0. The summed E-state index contributed by atoms with van der Waals surface area (Å²) in [5.74, 6) is 5.43. The van der Waals surface area contributed by atoms with E-state index in [1.54, 1.807) is 0 Å². The first kappa shape index (κ1) is 13.2. The molecule has 20 heavy (non-hydrogen) atoms. The molecule has 2 heteroatoms. The maximum Gasteiger partial charge on any atom is 0.306 e.